The molecule has 0 aliphatic heterocycles. The van der Waals surface area contributed by atoms with E-state index in [2.05, 4.69) is 5.32 Å². The van der Waals surface area contributed by atoms with E-state index in [9.17, 15) is 18.0 Å². The molecule has 25 heavy (non-hydrogen) atoms. The minimum atomic E-state index is -4.61. The van der Waals surface area contributed by atoms with Gasteiger partial charge in [0.15, 0.2) is 6.10 Å². The van der Waals surface area contributed by atoms with E-state index in [1.807, 2.05) is 0 Å². The molecule has 1 amide bonds. The lowest BCUT2D eigenvalue weighted by Gasteiger charge is -2.18. The molecule has 0 heterocycles. The molecule has 0 aliphatic carbocycles. The van der Waals surface area contributed by atoms with Gasteiger partial charge in [0.05, 0.1) is 10.6 Å². The third-order valence-corrected chi connectivity index (χ3v) is 3.84. The molecular weight excluding hydrogens is 378 g/mol. The molecule has 0 fully saturated rings. The van der Waals surface area contributed by atoms with Crippen LogP contribution in [0.15, 0.2) is 42.5 Å². The van der Waals surface area contributed by atoms with Crippen molar-refractivity contribution in [1.82, 2.24) is 0 Å². The molecule has 1 unspecified atom stereocenters. The van der Waals surface area contributed by atoms with Crippen molar-refractivity contribution < 1.29 is 22.7 Å². The molecule has 0 radical (unpaired) electrons. The second kappa shape index (κ2) is 7.97. The van der Waals surface area contributed by atoms with Crippen molar-refractivity contribution in [3.8, 4) is 5.75 Å². The van der Waals surface area contributed by atoms with Crippen LogP contribution in [0.3, 0.4) is 0 Å². The largest absolute Gasteiger partial charge is 0.481 e. The molecule has 0 saturated carbocycles. The predicted octanol–water partition coefficient (Wildman–Crippen LogP) is 5.81. The van der Waals surface area contributed by atoms with Crippen molar-refractivity contribution >= 4 is 34.8 Å². The van der Waals surface area contributed by atoms with Crippen LogP contribution in [0.25, 0.3) is 0 Å². The van der Waals surface area contributed by atoms with Crippen LogP contribution in [0.2, 0.25) is 10.0 Å². The zero-order valence-electron chi connectivity index (χ0n) is 13.0. The Morgan fingerprint density at radius 2 is 1.92 bits per heavy atom. The van der Waals surface area contributed by atoms with E-state index in [-0.39, 0.29) is 5.69 Å². The Bertz CT molecular complexity index is 766. The molecule has 2 aromatic carbocycles. The maximum Gasteiger partial charge on any atom is 0.417 e. The van der Waals surface area contributed by atoms with E-state index in [1.54, 1.807) is 31.2 Å². The van der Waals surface area contributed by atoms with Crippen molar-refractivity contribution in [3.05, 3.63) is 58.1 Å². The number of benzene rings is 2. The van der Waals surface area contributed by atoms with E-state index < -0.39 is 28.8 Å². The van der Waals surface area contributed by atoms with E-state index >= 15 is 0 Å². The number of amides is 1. The fraction of sp³-hybridized carbons (Fsp3) is 0.235. The predicted molar refractivity (Wildman–Crippen MR) is 91.2 cm³/mol. The maximum absolute atomic E-state index is 12.9. The topological polar surface area (TPSA) is 38.3 Å². The van der Waals surface area contributed by atoms with Gasteiger partial charge in [-0.2, -0.15) is 13.2 Å². The lowest BCUT2D eigenvalue weighted by Crippen LogP contribution is -2.32. The monoisotopic (exact) mass is 391 g/mol. The van der Waals surface area contributed by atoms with Crippen molar-refractivity contribution in [3.63, 3.8) is 0 Å². The fourth-order valence-corrected chi connectivity index (χ4v) is 2.47. The van der Waals surface area contributed by atoms with E-state index in [0.717, 1.165) is 12.1 Å². The summed E-state index contributed by atoms with van der Waals surface area (Å²) in [5.74, 6) is -0.181. The van der Waals surface area contributed by atoms with Gasteiger partial charge in [-0.3, -0.25) is 4.79 Å². The van der Waals surface area contributed by atoms with Gasteiger partial charge in [-0.15, -0.1) is 0 Å². The second-order valence-electron chi connectivity index (χ2n) is 5.15. The minimum Gasteiger partial charge on any atom is -0.481 e. The molecule has 1 N–H and O–H groups in total. The zero-order chi connectivity index (χ0) is 18.6. The number of halogens is 5. The molecular formula is C17H14Cl2F3NO2. The smallest absolute Gasteiger partial charge is 0.417 e. The van der Waals surface area contributed by atoms with Crippen LogP contribution in [0.1, 0.15) is 18.9 Å². The van der Waals surface area contributed by atoms with Gasteiger partial charge in [0, 0.05) is 10.7 Å². The molecule has 0 spiro atoms. The van der Waals surface area contributed by atoms with Gasteiger partial charge < -0.3 is 10.1 Å². The summed E-state index contributed by atoms with van der Waals surface area (Å²) >= 11 is 11.4. The number of nitrogens with one attached hydrogen (secondary N) is 1. The summed E-state index contributed by atoms with van der Waals surface area (Å²) in [5, 5.41) is 2.42. The molecule has 0 bridgehead atoms. The number of carbonyl (C=O) groups is 1. The molecule has 0 aliphatic rings. The van der Waals surface area contributed by atoms with Gasteiger partial charge >= 0.3 is 6.18 Å². The van der Waals surface area contributed by atoms with Gasteiger partial charge in [-0.05, 0) is 42.8 Å². The number of rotatable bonds is 5. The van der Waals surface area contributed by atoms with Gasteiger partial charge in [0.25, 0.3) is 5.91 Å². The molecule has 2 aromatic rings. The number of carbonyl (C=O) groups excluding carboxylic acids is 1. The molecule has 2 rings (SSSR count). The number of hydrogen-bond acceptors (Lipinski definition) is 2. The zero-order valence-corrected chi connectivity index (χ0v) is 14.5. The highest BCUT2D eigenvalue weighted by molar-refractivity contribution is 6.31. The summed E-state index contributed by atoms with van der Waals surface area (Å²) in [6.07, 6.45) is -5.18. The quantitative estimate of drug-likeness (QED) is 0.698. The van der Waals surface area contributed by atoms with Crippen LogP contribution in [0.4, 0.5) is 18.9 Å². The molecule has 1 atom stereocenters. The molecule has 134 valence electrons. The third-order valence-electron chi connectivity index (χ3n) is 3.28. The lowest BCUT2D eigenvalue weighted by molar-refractivity contribution is -0.137. The Kier molecular flexibility index (Phi) is 6.19. The van der Waals surface area contributed by atoms with Crippen molar-refractivity contribution in [2.75, 3.05) is 5.32 Å². The summed E-state index contributed by atoms with van der Waals surface area (Å²) in [6, 6.07) is 9.65. The van der Waals surface area contributed by atoms with Gasteiger partial charge in [-0.25, -0.2) is 0 Å². The Morgan fingerprint density at radius 3 is 2.52 bits per heavy atom. The first-order valence-corrected chi connectivity index (χ1v) is 8.06. The van der Waals surface area contributed by atoms with Crippen molar-refractivity contribution in [2.45, 2.75) is 25.6 Å². The second-order valence-corrected chi connectivity index (χ2v) is 6.00. The minimum absolute atomic E-state index is 0.0186. The SMILES string of the molecule is CCC(Oc1cccc(Cl)c1)C(=O)Nc1ccc(Cl)c(C(F)(F)F)c1. The van der Waals surface area contributed by atoms with Crippen LogP contribution in [-0.2, 0) is 11.0 Å². The van der Waals surface area contributed by atoms with E-state index in [0.29, 0.717) is 17.2 Å². The van der Waals surface area contributed by atoms with Gasteiger partial charge in [-0.1, -0.05) is 36.2 Å². The van der Waals surface area contributed by atoms with Crippen LogP contribution in [0, 0.1) is 0 Å². The van der Waals surface area contributed by atoms with Gasteiger partial charge in [0.1, 0.15) is 5.75 Å². The average Bonchev–Trinajstić information content (AvgIpc) is 2.53. The standard InChI is InChI=1S/C17H14Cl2F3NO2/c1-2-15(25-12-5-3-4-10(18)8-12)16(24)23-11-6-7-14(19)13(9-11)17(20,21)22/h3-9,15H,2H2,1H3,(H,23,24). The Hall–Kier alpha value is -1.92. The van der Waals surface area contributed by atoms with Crippen LogP contribution in [0.5, 0.6) is 5.75 Å². The fourth-order valence-electron chi connectivity index (χ4n) is 2.07. The molecule has 8 heteroatoms. The van der Waals surface area contributed by atoms with E-state index in [4.69, 9.17) is 27.9 Å². The maximum atomic E-state index is 12.9. The Morgan fingerprint density at radius 1 is 1.20 bits per heavy atom. The summed E-state index contributed by atoms with van der Waals surface area (Å²) in [5.41, 5.74) is -1.04. The first kappa shape index (κ1) is 19.4. The first-order chi connectivity index (χ1) is 11.7. The molecule has 0 aromatic heterocycles. The summed E-state index contributed by atoms with van der Waals surface area (Å²) in [7, 11) is 0. The summed E-state index contributed by atoms with van der Waals surface area (Å²) in [4.78, 5) is 12.3. The highest BCUT2D eigenvalue weighted by Crippen LogP contribution is 2.36. The lowest BCUT2D eigenvalue weighted by atomic mass is 10.1. The first-order valence-electron chi connectivity index (χ1n) is 7.30. The highest BCUT2D eigenvalue weighted by Gasteiger charge is 2.33. The summed E-state index contributed by atoms with van der Waals surface area (Å²) < 4.78 is 44.2. The Balaban J connectivity index is 2.14. The van der Waals surface area contributed by atoms with Gasteiger partial charge in [0.2, 0.25) is 0 Å². The van der Waals surface area contributed by atoms with Crippen LogP contribution < -0.4 is 10.1 Å². The highest BCUT2D eigenvalue weighted by atomic mass is 35.5. The van der Waals surface area contributed by atoms with Crippen LogP contribution >= 0.6 is 23.2 Å². The van der Waals surface area contributed by atoms with Crippen molar-refractivity contribution in [2.24, 2.45) is 0 Å². The normalized spacial score (nSPS) is 12.6. The third kappa shape index (κ3) is 5.28. The number of anilines is 1. The van der Waals surface area contributed by atoms with Crippen molar-refractivity contribution in [1.29, 1.82) is 0 Å². The molecule has 3 nitrogen and oxygen atoms in total. The molecule has 0 saturated heterocycles. The average molecular weight is 392 g/mol. The van der Waals surface area contributed by atoms with Crippen LogP contribution in [-0.4, -0.2) is 12.0 Å². The Labute approximate surface area is 152 Å². The number of hydrogen-bond donors (Lipinski definition) is 1. The number of alkyl halides is 3. The summed E-state index contributed by atoms with van der Waals surface area (Å²) in [6.45, 7) is 1.72. The van der Waals surface area contributed by atoms with E-state index in [1.165, 1.54) is 6.07 Å². The number of ether oxygens (including phenoxy) is 1.